The van der Waals surface area contributed by atoms with E-state index in [0.29, 0.717) is 11.9 Å². The summed E-state index contributed by atoms with van der Waals surface area (Å²) in [6, 6.07) is 6.35. The van der Waals surface area contributed by atoms with Gasteiger partial charge in [-0.1, -0.05) is 12.1 Å². The fourth-order valence-corrected chi connectivity index (χ4v) is 3.09. The smallest absolute Gasteiger partial charge is 0.230 e. The number of guanidine groups is 1. The van der Waals surface area contributed by atoms with Gasteiger partial charge in [0.05, 0.1) is 17.3 Å². The van der Waals surface area contributed by atoms with E-state index in [1.807, 2.05) is 19.1 Å². The number of benzene rings is 1. The van der Waals surface area contributed by atoms with Crippen molar-refractivity contribution in [1.82, 2.24) is 14.9 Å². The van der Waals surface area contributed by atoms with Crippen molar-refractivity contribution in [1.29, 1.82) is 0 Å². The Hall–Kier alpha value is -2.21. The third-order valence-electron chi connectivity index (χ3n) is 4.36. The molecule has 23 heavy (non-hydrogen) atoms. The van der Waals surface area contributed by atoms with Gasteiger partial charge in [0.1, 0.15) is 0 Å². The summed E-state index contributed by atoms with van der Waals surface area (Å²) >= 11 is 0. The molecular weight excluding hydrogens is 288 g/mol. The van der Waals surface area contributed by atoms with E-state index in [4.69, 9.17) is 5.73 Å². The van der Waals surface area contributed by atoms with E-state index in [1.54, 1.807) is 0 Å². The van der Waals surface area contributed by atoms with Crippen molar-refractivity contribution in [2.75, 3.05) is 25.5 Å². The average Bonchev–Trinajstić information content (AvgIpc) is 2.49. The van der Waals surface area contributed by atoms with Gasteiger partial charge < -0.3 is 10.6 Å². The molecule has 3 rings (SSSR count). The number of likely N-dealkylation sites (tertiary alicyclic amines) is 1. The number of nitrogens with one attached hydrogen (secondary N) is 1. The van der Waals surface area contributed by atoms with Crippen molar-refractivity contribution < 1.29 is 0 Å². The first kappa shape index (κ1) is 15.7. The van der Waals surface area contributed by atoms with Crippen molar-refractivity contribution in [3.8, 4) is 0 Å². The van der Waals surface area contributed by atoms with Crippen LogP contribution < -0.4 is 11.1 Å². The van der Waals surface area contributed by atoms with Crippen LogP contribution in [0.4, 0.5) is 5.95 Å². The van der Waals surface area contributed by atoms with Crippen molar-refractivity contribution in [2.45, 2.75) is 32.7 Å². The van der Waals surface area contributed by atoms with Crippen LogP contribution in [0.2, 0.25) is 0 Å². The van der Waals surface area contributed by atoms with Gasteiger partial charge in [-0.05, 0) is 58.5 Å². The molecule has 3 N–H and O–H groups in total. The summed E-state index contributed by atoms with van der Waals surface area (Å²) in [7, 11) is 2.13. The molecule has 1 fully saturated rings. The van der Waals surface area contributed by atoms with E-state index in [-0.39, 0.29) is 6.04 Å². The molecule has 1 saturated heterocycles. The summed E-state index contributed by atoms with van der Waals surface area (Å²) in [5.74, 6) is 0.903. The molecule has 2 aromatic rings. The Morgan fingerprint density at radius 1 is 1.26 bits per heavy atom. The molecule has 1 aliphatic rings. The van der Waals surface area contributed by atoms with E-state index in [0.717, 1.165) is 42.5 Å². The summed E-state index contributed by atoms with van der Waals surface area (Å²) in [5.41, 5.74) is 9.09. The second-order valence-electron chi connectivity index (χ2n) is 6.28. The topological polar surface area (TPSA) is 79.4 Å². The van der Waals surface area contributed by atoms with Crippen molar-refractivity contribution >= 4 is 22.8 Å². The minimum atomic E-state index is 0.280. The normalized spacial score (nSPS) is 17.6. The Kier molecular flexibility index (Phi) is 4.43. The molecule has 6 heteroatoms. The van der Waals surface area contributed by atoms with Gasteiger partial charge in [0, 0.05) is 5.39 Å². The highest BCUT2D eigenvalue weighted by atomic mass is 15.2. The van der Waals surface area contributed by atoms with E-state index >= 15 is 0 Å². The van der Waals surface area contributed by atoms with E-state index in [1.165, 1.54) is 5.56 Å². The van der Waals surface area contributed by atoms with Crippen LogP contribution >= 0.6 is 0 Å². The van der Waals surface area contributed by atoms with Gasteiger partial charge in [-0.15, -0.1) is 0 Å². The summed E-state index contributed by atoms with van der Waals surface area (Å²) < 4.78 is 0. The van der Waals surface area contributed by atoms with Gasteiger partial charge in [0.2, 0.25) is 5.95 Å². The zero-order valence-corrected chi connectivity index (χ0v) is 14.0. The largest absolute Gasteiger partial charge is 0.370 e. The lowest BCUT2D eigenvalue weighted by molar-refractivity contribution is 0.257. The quantitative estimate of drug-likeness (QED) is 0.655. The van der Waals surface area contributed by atoms with Crippen molar-refractivity contribution in [3.63, 3.8) is 0 Å². The van der Waals surface area contributed by atoms with Gasteiger partial charge >= 0.3 is 0 Å². The lowest BCUT2D eigenvalue weighted by Crippen LogP contribution is -2.34. The van der Waals surface area contributed by atoms with Gasteiger partial charge in [-0.3, -0.25) is 5.32 Å². The molecule has 0 bridgehead atoms. The molecule has 0 radical (unpaired) electrons. The maximum absolute atomic E-state index is 6.04. The SMILES string of the molecule is Cc1cccc2nc(NC(N)=NC3CCN(C)CC3)nc(C)c12. The maximum Gasteiger partial charge on any atom is 0.230 e. The number of rotatable bonds is 2. The lowest BCUT2D eigenvalue weighted by Gasteiger charge is -2.26. The average molecular weight is 312 g/mol. The molecule has 0 atom stereocenters. The van der Waals surface area contributed by atoms with Crippen LogP contribution in [-0.2, 0) is 0 Å². The molecule has 0 amide bonds. The minimum Gasteiger partial charge on any atom is -0.370 e. The molecule has 2 heterocycles. The molecule has 1 aromatic carbocycles. The number of hydrogen-bond donors (Lipinski definition) is 2. The highest BCUT2D eigenvalue weighted by molar-refractivity contribution is 5.92. The van der Waals surface area contributed by atoms with E-state index < -0.39 is 0 Å². The van der Waals surface area contributed by atoms with Gasteiger partial charge in [-0.25, -0.2) is 15.0 Å². The van der Waals surface area contributed by atoms with Crippen LogP contribution in [0.15, 0.2) is 23.2 Å². The summed E-state index contributed by atoms with van der Waals surface area (Å²) in [5, 5.41) is 4.15. The molecular formula is C17H24N6. The molecule has 1 aromatic heterocycles. The van der Waals surface area contributed by atoms with Crippen LogP contribution in [0.5, 0.6) is 0 Å². The Bertz CT molecular complexity index is 731. The highest BCUT2D eigenvalue weighted by Gasteiger charge is 2.16. The third kappa shape index (κ3) is 3.59. The molecule has 0 unspecified atom stereocenters. The zero-order valence-electron chi connectivity index (χ0n) is 14.0. The first-order chi connectivity index (χ1) is 11.0. The number of hydrogen-bond acceptors (Lipinski definition) is 4. The number of anilines is 1. The van der Waals surface area contributed by atoms with Crippen molar-refractivity contribution in [3.05, 3.63) is 29.5 Å². The number of nitrogens with two attached hydrogens (primary N) is 1. The Balaban J connectivity index is 1.78. The number of piperidine rings is 1. The van der Waals surface area contributed by atoms with Crippen LogP contribution in [0, 0.1) is 13.8 Å². The van der Waals surface area contributed by atoms with E-state index in [2.05, 4.69) is 45.2 Å². The highest BCUT2D eigenvalue weighted by Crippen LogP contribution is 2.20. The van der Waals surface area contributed by atoms with Crippen LogP contribution in [-0.4, -0.2) is 47.0 Å². The standard InChI is InChI=1S/C17H24N6/c1-11-5-4-6-14-15(11)12(2)19-17(21-14)22-16(18)20-13-7-9-23(3)10-8-13/h4-6,13H,7-10H2,1-3H3,(H3,18,19,20,21,22). The monoisotopic (exact) mass is 312 g/mol. The predicted molar refractivity (Wildman–Crippen MR) is 94.8 cm³/mol. The molecule has 6 nitrogen and oxygen atoms in total. The number of nitrogens with zero attached hydrogens (tertiary/aromatic N) is 4. The number of fused-ring (bicyclic) bond motifs is 1. The van der Waals surface area contributed by atoms with Crippen LogP contribution in [0.25, 0.3) is 10.9 Å². The minimum absolute atomic E-state index is 0.280. The molecule has 0 spiro atoms. The first-order valence-corrected chi connectivity index (χ1v) is 8.06. The number of aromatic nitrogens is 2. The van der Waals surface area contributed by atoms with Crippen LogP contribution in [0.3, 0.4) is 0 Å². The second kappa shape index (κ2) is 6.50. The Morgan fingerprint density at radius 2 is 2.00 bits per heavy atom. The third-order valence-corrected chi connectivity index (χ3v) is 4.36. The fourth-order valence-electron chi connectivity index (χ4n) is 3.09. The van der Waals surface area contributed by atoms with Gasteiger partial charge in [0.15, 0.2) is 5.96 Å². The van der Waals surface area contributed by atoms with Gasteiger partial charge in [0.25, 0.3) is 0 Å². The summed E-state index contributed by atoms with van der Waals surface area (Å²) in [4.78, 5) is 15.9. The number of aryl methyl sites for hydroxylation is 2. The summed E-state index contributed by atoms with van der Waals surface area (Å²) in [6.45, 7) is 6.19. The molecule has 0 saturated carbocycles. The first-order valence-electron chi connectivity index (χ1n) is 8.06. The summed E-state index contributed by atoms with van der Waals surface area (Å²) in [6.07, 6.45) is 2.07. The Morgan fingerprint density at radius 3 is 2.74 bits per heavy atom. The number of aliphatic imine (C=N–C) groups is 1. The van der Waals surface area contributed by atoms with Gasteiger partial charge in [-0.2, -0.15) is 0 Å². The predicted octanol–water partition coefficient (Wildman–Crippen LogP) is 2.07. The molecule has 122 valence electrons. The fraction of sp³-hybridized carbons (Fsp3) is 0.471. The maximum atomic E-state index is 6.04. The van der Waals surface area contributed by atoms with Crippen molar-refractivity contribution in [2.24, 2.45) is 10.7 Å². The molecule has 0 aliphatic carbocycles. The Labute approximate surface area is 136 Å². The molecule has 1 aliphatic heterocycles. The van der Waals surface area contributed by atoms with Crippen LogP contribution in [0.1, 0.15) is 24.1 Å². The second-order valence-corrected chi connectivity index (χ2v) is 6.28. The zero-order chi connectivity index (χ0) is 16.4. The lowest BCUT2D eigenvalue weighted by atomic mass is 10.1. The van der Waals surface area contributed by atoms with E-state index in [9.17, 15) is 0 Å².